The molecule has 0 saturated heterocycles. The first kappa shape index (κ1) is 45.1. The monoisotopic (exact) mass is 1080 g/mol. The Kier molecular flexibility index (Phi) is 12.0. The van der Waals surface area contributed by atoms with Gasteiger partial charge in [-0.25, -0.2) is 4.98 Å². The Labute approximate surface area is 419 Å². The standard InChI is InChI=1S/C61H50N5S.Pt/c1-60(2,3)43-28-24-41(25-29-43)48-19-14-20-49(42-26-30-44(31-27-42)61(4,5)6)59(48)65-40-64(55-21-9-10-22-56(55)65)45-15-13-16-46(37-45)67-47-32-33-52-50-17-7-8-18-51(50)53-39-62-36-34-54(53)66(57(52)38-47)58-23-11-12-35-63-58;/h7-36,39-40H,1-6H3;/q-3;. The Balaban J connectivity index is 0.00000539. The van der Waals surface area contributed by atoms with Crippen LogP contribution in [0.3, 0.4) is 0 Å². The van der Waals surface area contributed by atoms with Crippen LogP contribution in [-0.2, 0) is 31.9 Å². The SMILES string of the molecule is CC(C)(C)c1ccc(-c2cccc(-c3ccc(C(C)(C)C)cc3)c2N2[CH-]N(c3[c-]c(Sc4[c-]c5c(cc4)-c4ccccc4-c4cnccc4N5c4ccccn4)ccc3)c3ccccc32)cc1.[Pt]. The molecule has 7 aromatic carbocycles. The number of hydrogen-bond acceptors (Lipinski definition) is 6. The minimum absolute atomic E-state index is 0. The second kappa shape index (κ2) is 18.1. The van der Waals surface area contributed by atoms with E-state index in [1.807, 2.05) is 30.7 Å². The van der Waals surface area contributed by atoms with Gasteiger partial charge in [0.1, 0.15) is 5.82 Å². The van der Waals surface area contributed by atoms with Gasteiger partial charge in [-0.2, -0.15) is 24.3 Å². The molecule has 338 valence electrons. The first-order valence-electron chi connectivity index (χ1n) is 22.9. The molecule has 0 radical (unpaired) electrons. The molecule has 7 heteroatoms. The van der Waals surface area contributed by atoms with Gasteiger partial charge in [0.05, 0.1) is 5.69 Å². The van der Waals surface area contributed by atoms with Crippen LogP contribution >= 0.6 is 11.8 Å². The molecule has 0 atom stereocenters. The number of pyridine rings is 2. The van der Waals surface area contributed by atoms with Gasteiger partial charge in [-0.15, -0.1) is 57.7 Å². The zero-order valence-electron chi connectivity index (χ0n) is 38.9. The molecule has 0 spiro atoms. The summed E-state index contributed by atoms with van der Waals surface area (Å²) in [5.74, 6) is 0.817. The first-order chi connectivity index (χ1) is 32.5. The van der Waals surface area contributed by atoms with Crippen molar-refractivity contribution in [2.45, 2.75) is 62.2 Å². The molecule has 4 heterocycles. The maximum absolute atomic E-state index is 4.85. The minimum atomic E-state index is 0. The van der Waals surface area contributed by atoms with Crippen LogP contribution in [-0.4, -0.2) is 9.97 Å². The van der Waals surface area contributed by atoms with E-state index in [4.69, 9.17) is 4.98 Å². The van der Waals surface area contributed by atoms with Crippen molar-refractivity contribution in [1.29, 1.82) is 0 Å². The van der Waals surface area contributed by atoms with Crippen molar-refractivity contribution >= 4 is 51.7 Å². The van der Waals surface area contributed by atoms with Crippen LogP contribution in [0.2, 0.25) is 0 Å². The predicted molar refractivity (Wildman–Crippen MR) is 279 cm³/mol. The van der Waals surface area contributed by atoms with E-state index in [1.165, 1.54) is 33.4 Å². The molecule has 5 nitrogen and oxygen atoms in total. The maximum atomic E-state index is 4.85. The molecule has 0 N–H and O–H groups in total. The van der Waals surface area contributed by atoms with E-state index in [0.717, 1.165) is 72.0 Å². The van der Waals surface area contributed by atoms with Gasteiger partial charge < -0.3 is 14.7 Å². The summed E-state index contributed by atoms with van der Waals surface area (Å²) >= 11 is 1.66. The molecule has 0 fully saturated rings. The van der Waals surface area contributed by atoms with Crippen molar-refractivity contribution in [3.63, 3.8) is 0 Å². The van der Waals surface area contributed by atoms with Gasteiger partial charge in [0.2, 0.25) is 0 Å². The summed E-state index contributed by atoms with van der Waals surface area (Å²) in [6.45, 7) is 15.8. The van der Waals surface area contributed by atoms with Crippen molar-refractivity contribution < 1.29 is 21.1 Å². The number of nitrogens with zero attached hydrogens (tertiary/aromatic N) is 5. The van der Waals surface area contributed by atoms with Crippen LogP contribution < -0.4 is 14.7 Å². The zero-order valence-corrected chi connectivity index (χ0v) is 42.0. The number of aromatic nitrogens is 2. The number of fused-ring (bicyclic) bond motifs is 6. The molecule has 0 aliphatic carbocycles. The summed E-state index contributed by atoms with van der Waals surface area (Å²) in [7, 11) is 0. The predicted octanol–water partition coefficient (Wildman–Crippen LogP) is 16.7. The van der Waals surface area contributed by atoms with Gasteiger partial charge in [-0.1, -0.05) is 162 Å². The fraction of sp³-hybridized carbons (Fsp3) is 0.131. The van der Waals surface area contributed by atoms with Gasteiger partial charge >= 0.3 is 0 Å². The van der Waals surface area contributed by atoms with Crippen molar-refractivity contribution in [3.8, 4) is 44.5 Å². The number of hydrogen-bond donors (Lipinski definition) is 0. The Hall–Kier alpha value is -6.72. The number of benzene rings is 7. The molecule has 68 heavy (non-hydrogen) atoms. The summed E-state index contributed by atoms with van der Waals surface area (Å²) in [6.07, 6.45) is 5.65. The topological polar surface area (TPSA) is 35.5 Å². The summed E-state index contributed by atoms with van der Waals surface area (Å²) < 4.78 is 0. The summed E-state index contributed by atoms with van der Waals surface area (Å²) in [4.78, 5) is 18.2. The van der Waals surface area contributed by atoms with E-state index in [1.54, 1.807) is 11.8 Å². The van der Waals surface area contributed by atoms with E-state index in [2.05, 4.69) is 238 Å². The second-order valence-corrected chi connectivity index (χ2v) is 20.3. The third-order valence-electron chi connectivity index (χ3n) is 12.8. The molecule has 11 rings (SSSR count). The summed E-state index contributed by atoms with van der Waals surface area (Å²) in [5.41, 5.74) is 18.0. The van der Waals surface area contributed by atoms with Crippen LogP contribution in [0.5, 0.6) is 0 Å². The molecule has 0 saturated carbocycles. The van der Waals surface area contributed by atoms with Crippen LogP contribution in [0.4, 0.5) is 39.9 Å². The second-order valence-electron chi connectivity index (χ2n) is 19.2. The molecule has 0 bridgehead atoms. The fourth-order valence-corrected chi connectivity index (χ4v) is 10.1. The Morgan fingerprint density at radius 1 is 0.471 bits per heavy atom. The third-order valence-corrected chi connectivity index (χ3v) is 13.7. The van der Waals surface area contributed by atoms with E-state index >= 15 is 0 Å². The van der Waals surface area contributed by atoms with Crippen molar-refractivity contribution in [2.24, 2.45) is 0 Å². The van der Waals surface area contributed by atoms with Gasteiger partial charge in [0.25, 0.3) is 0 Å². The van der Waals surface area contributed by atoms with Crippen LogP contribution in [0, 0.1) is 18.8 Å². The maximum Gasteiger partial charge on any atom is 0.135 e. The van der Waals surface area contributed by atoms with Crippen molar-refractivity contribution in [3.05, 3.63) is 218 Å². The Morgan fingerprint density at radius 2 is 1.04 bits per heavy atom. The van der Waals surface area contributed by atoms with E-state index in [0.29, 0.717) is 0 Å². The normalized spacial score (nSPS) is 12.9. The van der Waals surface area contributed by atoms with E-state index in [-0.39, 0.29) is 31.9 Å². The molecule has 2 aliphatic rings. The molecular weight excluding hydrogens is 1030 g/mol. The average Bonchev–Trinajstić information content (AvgIpc) is 3.68. The van der Waals surface area contributed by atoms with Crippen molar-refractivity contribution in [2.75, 3.05) is 14.7 Å². The zero-order chi connectivity index (χ0) is 45.9. The van der Waals surface area contributed by atoms with Crippen molar-refractivity contribution in [1.82, 2.24) is 9.97 Å². The average molecular weight is 1080 g/mol. The Bertz CT molecular complexity index is 3210. The Morgan fingerprint density at radius 3 is 1.68 bits per heavy atom. The minimum Gasteiger partial charge on any atom is -0.493 e. The van der Waals surface area contributed by atoms with Gasteiger partial charge in [-0.05, 0) is 69.0 Å². The largest absolute Gasteiger partial charge is 0.493 e. The number of rotatable bonds is 7. The van der Waals surface area contributed by atoms with E-state index in [9.17, 15) is 0 Å². The molecule has 2 aliphatic heterocycles. The van der Waals surface area contributed by atoms with E-state index < -0.39 is 0 Å². The molecular formula is C61H50N5PtS-3. The van der Waals surface area contributed by atoms with Crippen LogP contribution in [0.1, 0.15) is 52.7 Å². The van der Waals surface area contributed by atoms with Crippen LogP contribution in [0.15, 0.2) is 198 Å². The summed E-state index contributed by atoms with van der Waals surface area (Å²) in [6, 6.07) is 68.8. The summed E-state index contributed by atoms with van der Waals surface area (Å²) in [5, 5.41) is 0. The molecule has 0 amide bonds. The van der Waals surface area contributed by atoms with Gasteiger partial charge in [0.15, 0.2) is 0 Å². The smallest absolute Gasteiger partial charge is 0.135 e. The first-order valence-corrected chi connectivity index (χ1v) is 23.7. The van der Waals surface area contributed by atoms with Gasteiger partial charge in [0, 0.05) is 73.4 Å². The molecule has 9 aromatic rings. The number of anilines is 7. The molecule has 0 unspecified atom stereocenters. The van der Waals surface area contributed by atoms with Crippen LogP contribution in [0.25, 0.3) is 44.5 Å². The molecule has 2 aromatic heterocycles. The fourth-order valence-electron chi connectivity index (χ4n) is 9.31. The quantitative estimate of drug-likeness (QED) is 0.148. The van der Waals surface area contributed by atoms with Gasteiger partial charge in [-0.3, -0.25) is 4.98 Å². The third kappa shape index (κ3) is 8.35. The number of para-hydroxylation sites is 3.